The minimum absolute atomic E-state index is 0.0140. The van der Waals surface area contributed by atoms with E-state index in [2.05, 4.69) is 30.9 Å². The number of carboxylic acids is 1. The van der Waals surface area contributed by atoms with Crippen LogP contribution in [-0.2, 0) is 38.4 Å². The molecule has 0 saturated heterocycles. The third kappa shape index (κ3) is 8.33. The van der Waals surface area contributed by atoms with E-state index in [1.165, 1.54) is 0 Å². The second kappa shape index (κ2) is 16.4. The molecule has 0 saturated carbocycles. The summed E-state index contributed by atoms with van der Waals surface area (Å²) in [5.41, 5.74) is 16.7. The Morgan fingerprint density at radius 2 is 0.962 bits per heavy atom. The van der Waals surface area contributed by atoms with Crippen molar-refractivity contribution in [3.8, 4) is 0 Å². The lowest BCUT2D eigenvalue weighted by atomic mass is 10.00. The third-order valence-corrected chi connectivity index (χ3v) is 9.48. The van der Waals surface area contributed by atoms with Crippen LogP contribution in [0, 0.1) is 0 Å². The minimum Gasteiger partial charge on any atom is -0.480 e. The van der Waals surface area contributed by atoms with Crippen molar-refractivity contribution in [1.82, 2.24) is 30.9 Å². The van der Waals surface area contributed by atoms with Gasteiger partial charge in [-0.05, 0) is 54.3 Å². The molecule has 3 amide bonds. The highest BCUT2D eigenvalue weighted by molar-refractivity contribution is 5.96. The molecular formula is C39H44N8O5. The van der Waals surface area contributed by atoms with Crippen LogP contribution in [0.1, 0.15) is 36.0 Å². The molecule has 0 aliphatic rings. The highest BCUT2D eigenvalue weighted by Crippen LogP contribution is 2.22. The number of aromatic amines is 3. The summed E-state index contributed by atoms with van der Waals surface area (Å²) in [6.07, 6.45) is 7.22. The summed E-state index contributed by atoms with van der Waals surface area (Å²) >= 11 is 0. The molecule has 13 heteroatoms. The topological polar surface area (TPSA) is 224 Å². The van der Waals surface area contributed by atoms with E-state index in [1.807, 2.05) is 72.8 Å². The van der Waals surface area contributed by atoms with Crippen LogP contribution in [0.25, 0.3) is 32.7 Å². The lowest BCUT2D eigenvalue weighted by molar-refractivity contribution is -0.142. The molecule has 0 aliphatic carbocycles. The van der Waals surface area contributed by atoms with Gasteiger partial charge in [0.05, 0.1) is 6.04 Å². The van der Waals surface area contributed by atoms with E-state index in [9.17, 15) is 24.3 Å². The Morgan fingerprint density at radius 3 is 1.38 bits per heavy atom. The highest BCUT2D eigenvalue weighted by atomic mass is 16.4. The van der Waals surface area contributed by atoms with Gasteiger partial charge >= 0.3 is 5.97 Å². The maximum absolute atomic E-state index is 14.3. The molecule has 13 nitrogen and oxygen atoms in total. The summed E-state index contributed by atoms with van der Waals surface area (Å²) in [4.78, 5) is 63.7. The second-order valence-corrected chi connectivity index (χ2v) is 13.1. The van der Waals surface area contributed by atoms with Crippen LogP contribution in [0.5, 0.6) is 0 Å². The third-order valence-electron chi connectivity index (χ3n) is 9.48. The van der Waals surface area contributed by atoms with Crippen LogP contribution in [-0.4, -0.2) is 74.5 Å². The molecule has 4 atom stereocenters. The van der Waals surface area contributed by atoms with Crippen LogP contribution >= 0.6 is 0 Å². The lowest BCUT2D eigenvalue weighted by Gasteiger charge is -2.25. The number of rotatable bonds is 17. The fourth-order valence-electron chi connectivity index (χ4n) is 6.64. The normalized spacial score (nSPS) is 13.8. The molecule has 3 heterocycles. The first-order valence-electron chi connectivity index (χ1n) is 17.5. The number of para-hydroxylation sites is 3. The summed E-state index contributed by atoms with van der Waals surface area (Å²) in [6.45, 7) is 0.477. The van der Waals surface area contributed by atoms with Crippen molar-refractivity contribution in [2.24, 2.45) is 11.5 Å². The fraction of sp³-hybridized carbons (Fsp3) is 0.282. The largest absolute Gasteiger partial charge is 0.480 e. The van der Waals surface area contributed by atoms with Gasteiger partial charge < -0.3 is 47.5 Å². The zero-order valence-corrected chi connectivity index (χ0v) is 28.7. The standard InChI is InChI=1S/C39H44N8O5/c40-16-8-7-12-29(41)36(48)45-33(17-23-20-42-30-13-4-1-9-26(23)30)37(49)46-34(18-24-21-43-31-14-5-2-10-27(24)31)38(50)47-35(39(51)52)19-25-22-44-32-15-6-3-11-28(25)32/h1-6,9-11,13-15,20-22,29,33-35,42-44H,7-8,12,16-19,40-41H2,(H,45,48)(H,46,49)(H,47,50)(H,51,52). The number of nitrogens with one attached hydrogen (secondary N) is 6. The predicted octanol–water partition coefficient (Wildman–Crippen LogP) is 3.15. The number of carboxylic acid groups (broad SMARTS) is 1. The fourth-order valence-corrected chi connectivity index (χ4v) is 6.64. The number of nitrogens with two attached hydrogens (primary N) is 2. The molecule has 3 aromatic heterocycles. The average molecular weight is 705 g/mol. The lowest BCUT2D eigenvalue weighted by Crippen LogP contribution is -2.58. The summed E-state index contributed by atoms with van der Waals surface area (Å²) in [7, 11) is 0. The average Bonchev–Trinajstić information content (AvgIpc) is 3.88. The molecule has 11 N–H and O–H groups in total. The Balaban J connectivity index is 1.27. The van der Waals surface area contributed by atoms with E-state index in [4.69, 9.17) is 11.5 Å². The first-order valence-corrected chi connectivity index (χ1v) is 17.5. The molecule has 0 fully saturated rings. The molecule has 0 bridgehead atoms. The van der Waals surface area contributed by atoms with Crippen LogP contribution in [0.2, 0.25) is 0 Å². The summed E-state index contributed by atoms with van der Waals surface area (Å²) in [6, 6.07) is 18.2. The van der Waals surface area contributed by atoms with E-state index < -0.39 is 47.9 Å². The Kier molecular flexibility index (Phi) is 11.3. The summed E-state index contributed by atoms with van der Waals surface area (Å²) < 4.78 is 0. The molecule has 3 aromatic carbocycles. The number of carbonyl (C=O) groups excluding carboxylic acids is 3. The van der Waals surface area contributed by atoms with Crippen molar-refractivity contribution < 1.29 is 24.3 Å². The monoisotopic (exact) mass is 704 g/mol. The SMILES string of the molecule is NCCCCC(N)C(=O)NC(Cc1c[nH]c2ccccc12)C(=O)NC(Cc1c[nH]c2ccccc12)C(=O)NC(Cc1c[nH]c2ccccc12)C(=O)O. The van der Waals surface area contributed by atoms with E-state index in [0.717, 1.165) is 49.4 Å². The summed E-state index contributed by atoms with van der Waals surface area (Å²) in [5, 5.41) is 21.2. The van der Waals surface area contributed by atoms with Gasteiger partial charge in [-0.2, -0.15) is 0 Å². The Labute approximate surface area is 299 Å². The van der Waals surface area contributed by atoms with Gasteiger partial charge in [0.2, 0.25) is 17.7 Å². The zero-order valence-electron chi connectivity index (χ0n) is 28.7. The van der Waals surface area contributed by atoms with Crippen molar-refractivity contribution in [2.75, 3.05) is 6.54 Å². The predicted molar refractivity (Wildman–Crippen MR) is 200 cm³/mol. The van der Waals surface area contributed by atoms with Gasteiger partial charge in [0.1, 0.15) is 18.1 Å². The molecule has 6 aromatic rings. The number of benzene rings is 3. The van der Waals surface area contributed by atoms with Crippen LogP contribution < -0.4 is 27.4 Å². The van der Waals surface area contributed by atoms with Crippen molar-refractivity contribution in [1.29, 1.82) is 0 Å². The zero-order chi connectivity index (χ0) is 36.6. The first-order chi connectivity index (χ1) is 25.2. The van der Waals surface area contributed by atoms with Crippen molar-refractivity contribution in [2.45, 2.75) is 62.7 Å². The van der Waals surface area contributed by atoms with Gasteiger partial charge in [0.25, 0.3) is 0 Å². The van der Waals surface area contributed by atoms with Crippen molar-refractivity contribution in [3.05, 3.63) is 108 Å². The summed E-state index contributed by atoms with van der Waals surface area (Å²) in [5.74, 6) is -3.01. The van der Waals surface area contributed by atoms with Gasteiger partial charge in [-0.15, -0.1) is 0 Å². The van der Waals surface area contributed by atoms with Crippen LogP contribution in [0.3, 0.4) is 0 Å². The molecule has 0 spiro atoms. The van der Waals surface area contributed by atoms with Crippen LogP contribution in [0.15, 0.2) is 91.4 Å². The number of carbonyl (C=O) groups is 4. The molecule has 52 heavy (non-hydrogen) atoms. The number of H-pyrrole nitrogens is 3. The molecule has 4 unspecified atom stereocenters. The number of hydrogen-bond acceptors (Lipinski definition) is 6. The number of amides is 3. The quantitative estimate of drug-likeness (QED) is 0.0645. The maximum atomic E-state index is 14.3. The molecule has 6 rings (SSSR count). The van der Waals surface area contributed by atoms with Crippen molar-refractivity contribution in [3.63, 3.8) is 0 Å². The number of aromatic nitrogens is 3. The molecule has 0 aliphatic heterocycles. The number of hydrogen-bond donors (Lipinski definition) is 9. The van der Waals surface area contributed by atoms with Crippen molar-refractivity contribution >= 4 is 56.4 Å². The maximum Gasteiger partial charge on any atom is 0.326 e. The highest BCUT2D eigenvalue weighted by Gasteiger charge is 2.32. The minimum atomic E-state index is -1.29. The number of aliphatic carboxylic acids is 1. The van der Waals surface area contributed by atoms with Crippen LogP contribution in [0.4, 0.5) is 0 Å². The Morgan fingerprint density at radius 1 is 0.577 bits per heavy atom. The smallest absolute Gasteiger partial charge is 0.326 e. The van der Waals surface area contributed by atoms with E-state index >= 15 is 0 Å². The Bertz CT molecular complexity index is 2180. The van der Waals surface area contributed by atoms with Gasteiger partial charge in [0.15, 0.2) is 0 Å². The van der Waals surface area contributed by atoms with Gasteiger partial charge in [-0.1, -0.05) is 61.0 Å². The number of fused-ring (bicyclic) bond motifs is 3. The number of unbranched alkanes of at least 4 members (excludes halogenated alkanes) is 1. The van der Waals surface area contributed by atoms with E-state index in [1.54, 1.807) is 18.6 Å². The molecule has 0 radical (unpaired) electrons. The van der Waals surface area contributed by atoms with Gasteiger partial charge in [0, 0.05) is 70.6 Å². The molecule has 270 valence electrons. The first kappa shape index (κ1) is 35.9. The van der Waals surface area contributed by atoms with E-state index in [-0.39, 0.29) is 19.3 Å². The van der Waals surface area contributed by atoms with Gasteiger partial charge in [-0.3, -0.25) is 14.4 Å². The molecular weight excluding hydrogens is 660 g/mol. The van der Waals surface area contributed by atoms with Gasteiger partial charge in [-0.25, -0.2) is 4.79 Å². The van der Waals surface area contributed by atoms with E-state index in [0.29, 0.717) is 25.8 Å². The Hall–Kier alpha value is -5.92. The second-order valence-electron chi connectivity index (χ2n) is 13.1.